The van der Waals surface area contributed by atoms with Crippen LogP contribution in [0.4, 0.5) is 0 Å². The van der Waals surface area contributed by atoms with Crippen molar-refractivity contribution in [2.45, 2.75) is 26.3 Å². The molecule has 0 aliphatic carbocycles. The van der Waals surface area contributed by atoms with Crippen molar-refractivity contribution in [2.75, 3.05) is 0 Å². The Hall–Kier alpha value is -2.69. The highest BCUT2D eigenvalue weighted by molar-refractivity contribution is 5.68. The minimum absolute atomic E-state index is 0.0873. The van der Waals surface area contributed by atoms with Crippen LogP contribution in [0.1, 0.15) is 32.0 Å². The van der Waals surface area contributed by atoms with Crippen LogP contribution in [0.2, 0.25) is 0 Å². The van der Waals surface area contributed by atoms with Gasteiger partial charge in [-0.15, -0.1) is 0 Å². The van der Waals surface area contributed by atoms with Gasteiger partial charge in [0.1, 0.15) is 0 Å². The van der Waals surface area contributed by atoms with Gasteiger partial charge < -0.3 is 0 Å². The van der Waals surface area contributed by atoms with Crippen LogP contribution in [0.5, 0.6) is 0 Å². The molecule has 0 atom stereocenters. The van der Waals surface area contributed by atoms with Crippen molar-refractivity contribution >= 4 is 17.8 Å². The molecule has 112 valence electrons. The second-order valence-corrected chi connectivity index (χ2v) is 6.14. The maximum absolute atomic E-state index is 12.4. The van der Waals surface area contributed by atoms with Crippen molar-refractivity contribution in [3.8, 4) is 0 Å². The first-order chi connectivity index (χ1) is 10.4. The molecule has 0 aliphatic heterocycles. The summed E-state index contributed by atoms with van der Waals surface area (Å²) in [7, 11) is 0. The zero-order valence-electron chi connectivity index (χ0n) is 12.9. The monoisotopic (exact) mass is 294 g/mol. The molecule has 3 heterocycles. The Balaban J connectivity index is 2.04. The second kappa shape index (κ2) is 5.26. The van der Waals surface area contributed by atoms with Crippen molar-refractivity contribution in [1.29, 1.82) is 0 Å². The standard InChI is InChI=1S/C17H18N4O/c1-17(2,3)20-10-8-15-19-14(11-16(22)21(15)20)7-6-13-5-4-9-18-12-13/h4-12H,1-3H3. The normalized spacial score (nSPS) is 12.3. The van der Waals surface area contributed by atoms with E-state index in [1.807, 2.05) is 41.2 Å². The average molecular weight is 294 g/mol. The summed E-state index contributed by atoms with van der Waals surface area (Å²) in [6.07, 6.45) is 9.10. The fraction of sp³-hybridized carbons (Fsp3) is 0.235. The van der Waals surface area contributed by atoms with Gasteiger partial charge in [-0.05, 0) is 38.5 Å². The van der Waals surface area contributed by atoms with Crippen LogP contribution in [-0.4, -0.2) is 19.2 Å². The van der Waals surface area contributed by atoms with Crippen molar-refractivity contribution in [1.82, 2.24) is 19.2 Å². The molecule has 0 amide bonds. The third kappa shape index (κ3) is 2.70. The van der Waals surface area contributed by atoms with Crippen molar-refractivity contribution in [2.24, 2.45) is 0 Å². The lowest BCUT2D eigenvalue weighted by molar-refractivity contribution is 0.336. The molecule has 3 aromatic heterocycles. The van der Waals surface area contributed by atoms with E-state index in [4.69, 9.17) is 0 Å². The molecule has 22 heavy (non-hydrogen) atoms. The molecule has 0 bridgehead atoms. The lowest BCUT2D eigenvalue weighted by atomic mass is 10.1. The second-order valence-electron chi connectivity index (χ2n) is 6.14. The first kappa shape index (κ1) is 14.3. The van der Waals surface area contributed by atoms with Gasteiger partial charge in [0.25, 0.3) is 5.56 Å². The molecule has 0 unspecified atom stereocenters. The van der Waals surface area contributed by atoms with Crippen LogP contribution in [-0.2, 0) is 5.54 Å². The number of fused-ring (bicyclic) bond motifs is 1. The van der Waals surface area contributed by atoms with Gasteiger partial charge in [-0.1, -0.05) is 12.1 Å². The highest BCUT2D eigenvalue weighted by atomic mass is 16.1. The highest BCUT2D eigenvalue weighted by Gasteiger charge is 2.16. The van der Waals surface area contributed by atoms with Crippen LogP contribution < -0.4 is 5.56 Å². The molecule has 3 rings (SSSR count). The van der Waals surface area contributed by atoms with Gasteiger partial charge in [0.2, 0.25) is 0 Å². The predicted octanol–water partition coefficient (Wildman–Crippen LogP) is 2.82. The smallest absolute Gasteiger partial charge is 0.273 e. The summed E-state index contributed by atoms with van der Waals surface area (Å²) < 4.78 is 3.49. The minimum atomic E-state index is -0.180. The highest BCUT2D eigenvalue weighted by Crippen LogP contribution is 2.15. The number of rotatable bonds is 2. The van der Waals surface area contributed by atoms with Gasteiger partial charge in [0, 0.05) is 30.7 Å². The van der Waals surface area contributed by atoms with Crippen LogP contribution in [0.15, 0.2) is 47.7 Å². The Morgan fingerprint density at radius 3 is 2.68 bits per heavy atom. The SMILES string of the molecule is CC(C)(C)n1ccc2nc(C=Cc3cccnc3)cc(=O)n21. The Kier molecular flexibility index (Phi) is 3.41. The van der Waals surface area contributed by atoms with Crippen LogP contribution in [0.3, 0.4) is 0 Å². The molecule has 0 aliphatic rings. The lowest BCUT2D eigenvalue weighted by Crippen LogP contribution is -2.31. The minimum Gasteiger partial charge on any atom is -0.279 e. The molecule has 0 saturated heterocycles. The van der Waals surface area contributed by atoms with Crippen molar-refractivity contribution in [3.63, 3.8) is 0 Å². The van der Waals surface area contributed by atoms with E-state index >= 15 is 0 Å². The third-order valence-corrected chi connectivity index (χ3v) is 3.34. The Morgan fingerprint density at radius 2 is 2.00 bits per heavy atom. The topological polar surface area (TPSA) is 52.2 Å². The molecular weight excluding hydrogens is 276 g/mol. The molecule has 0 spiro atoms. The first-order valence-electron chi connectivity index (χ1n) is 7.15. The summed E-state index contributed by atoms with van der Waals surface area (Å²) in [5.74, 6) is 0. The molecule has 0 N–H and O–H groups in total. The zero-order valence-corrected chi connectivity index (χ0v) is 12.9. The summed E-state index contributed by atoms with van der Waals surface area (Å²) >= 11 is 0. The van der Waals surface area contributed by atoms with E-state index < -0.39 is 0 Å². The number of hydrogen-bond donors (Lipinski definition) is 0. The van der Waals surface area contributed by atoms with Gasteiger partial charge in [-0.25, -0.2) is 4.98 Å². The maximum atomic E-state index is 12.4. The molecule has 0 aromatic carbocycles. The largest absolute Gasteiger partial charge is 0.279 e. The predicted molar refractivity (Wildman–Crippen MR) is 87.6 cm³/mol. The van der Waals surface area contributed by atoms with E-state index in [-0.39, 0.29) is 11.1 Å². The number of hydrogen-bond acceptors (Lipinski definition) is 3. The summed E-state index contributed by atoms with van der Waals surface area (Å²) in [5.41, 5.74) is 1.99. The Labute approximate surface area is 128 Å². The molecule has 0 saturated carbocycles. The summed E-state index contributed by atoms with van der Waals surface area (Å²) in [6.45, 7) is 6.15. The summed E-state index contributed by atoms with van der Waals surface area (Å²) in [6, 6.07) is 7.22. The zero-order chi connectivity index (χ0) is 15.7. The summed E-state index contributed by atoms with van der Waals surface area (Å²) in [5, 5.41) is 0. The molecule has 3 aromatic rings. The first-order valence-corrected chi connectivity index (χ1v) is 7.15. The van der Waals surface area contributed by atoms with Gasteiger partial charge in [0.05, 0.1) is 11.2 Å². The van der Waals surface area contributed by atoms with Gasteiger partial charge in [0.15, 0.2) is 5.65 Å². The van der Waals surface area contributed by atoms with Crippen molar-refractivity contribution in [3.05, 3.63) is 64.5 Å². The number of aromatic nitrogens is 4. The number of pyridine rings is 1. The van der Waals surface area contributed by atoms with Crippen LogP contribution >= 0.6 is 0 Å². The fourth-order valence-corrected chi connectivity index (χ4v) is 2.31. The molecule has 5 nitrogen and oxygen atoms in total. The van der Waals surface area contributed by atoms with E-state index in [1.54, 1.807) is 23.0 Å². The molecule has 0 radical (unpaired) electrons. The Bertz CT molecular complexity index is 882. The van der Waals surface area contributed by atoms with E-state index in [9.17, 15) is 4.79 Å². The van der Waals surface area contributed by atoms with Gasteiger partial charge in [-0.2, -0.15) is 4.52 Å². The van der Waals surface area contributed by atoms with Crippen LogP contribution in [0, 0.1) is 0 Å². The quantitative estimate of drug-likeness (QED) is 0.730. The fourth-order valence-electron chi connectivity index (χ4n) is 2.31. The molecule has 0 fully saturated rings. The molecular formula is C17H18N4O. The van der Waals surface area contributed by atoms with E-state index in [0.717, 1.165) is 5.56 Å². The third-order valence-electron chi connectivity index (χ3n) is 3.34. The molecule has 5 heteroatoms. The van der Waals surface area contributed by atoms with E-state index in [2.05, 4.69) is 30.7 Å². The average Bonchev–Trinajstić information content (AvgIpc) is 2.91. The summed E-state index contributed by atoms with van der Waals surface area (Å²) in [4.78, 5) is 21.0. The van der Waals surface area contributed by atoms with Gasteiger partial charge >= 0.3 is 0 Å². The Morgan fingerprint density at radius 1 is 1.18 bits per heavy atom. The van der Waals surface area contributed by atoms with E-state index in [1.165, 1.54) is 0 Å². The van der Waals surface area contributed by atoms with Crippen molar-refractivity contribution < 1.29 is 0 Å². The lowest BCUT2D eigenvalue weighted by Gasteiger charge is -2.22. The maximum Gasteiger partial charge on any atom is 0.273 e. The van der Waals surface area contributed by atoms with Crippen LogP contribution in [0.25, 0.3) is 17.8 Å². The van der Waals surface area contributed by atoms with Gasteiger partial charge in [-0.3, -0.25) is 14.5 Å². The van der Waals surface area contributed by atoms with E-state index in [0.29, 0.717) is 11.3 Å². The number of nitrogens with zero attached hydrogens (tertiary/aromatic N) is 4.